The van der Waals surface area contributed by atoms with Crippen LogP contribution >= 0.6 is 11.3 Å². The molecule has 20 heavy (non-hydrogen) atoms. The first-order chi connectivity index (χ1) is 9.51. The molecule has 1 fully saturated rings. The van der Waals surface area contributed by atoms with Crippen molar-refractivity contribution in [3.63, 3.8) is 0 Å². The van der Waals surface area contributed by atoms with E-state index in [9.17, 15) is 8.42 Å². The van der Waals surface area contributed by atoms with Crippen LogP contribution < -0.4 is 4.72 Å². The molecule has 0 unspecified atom stereocenters. The number of sulfonamides is 1. The van der Waals surface area contributed by atoms with Crippen LogP contribution in [0.25, 0.3) is 0 Å². The van der Waals surface area contributed by atoms with Gasteiger partial charge in [0.1, 0.15) is 15.2 Å². The van der Waals surface area contributed by atoms with Crippen molar-refractivity contribution in [2.24, 2.45) is 5.92 Å². The van der Waals surface area contributed by atoms with Gasteiger partial charge in [-0.05, 0) is 57.5 Å². The van der Waals surface area contributed by atoms with Gasteiger partial charge in [-0.15, -0.1) is 11.3 Å². The van der Waals surface area contributed by atoms with Crippen molar-refractivity contribution in [1.82, 2.24) is 9.62 Å². The Hall–Kier alpha value is -0.940. The maximum atomic E-state index is 12.0. The van der Waals surface area contributed by atoms with Gasteiger partial charge in [0, 0.05) is 6.54 Å². The van der Waals surface area contributed by atoms with E-state index in [1.807, 2.05) is 6.07 Å². The van der Waals surface area contributed by atoms with Gasteiger partial charge in [0.05, 0.1) is 0 Å². The van der Waals surface area contributed by atoms with Crippen LogP contribution in [0.2, 0.25) is 0 Å². The molecule has 0 spiro atoms. The van der Waals surface area contributed by atoms with Crippen LogP contribution in [0.1, 0.15) is 24.1 Å². The highest BCUT2D eigenvalue weighted by Crippen LogP contribution is 2.22. The molecule has 1 saturated heterocycles. The normalized spacial score (nSPS) is 18.0. The Morgan fingerprint density at radius 3 is 2.75 bits per heavy atom. The van der Waals surface area contributed by atoms with Crippen molar-refractivity contribution < 1.29 is 8.42 Å². The van der Waals surface area contributed by atoms with Gasteiger partial charge < -0.3 is 4.90 Å². The number of nitriles is 1. The van der Waals surface area contributed by atoms with Crippen molar-refractivity contribution in [3.8, 4) is 6.07 Å². The van der Waals surface area contributed by atoms with E-state index in [-0.39, 0.29) is 4.21 Å². The van der Waals surface area contributed by atoms with Crippen LogP contribution in [-0.2, 0) is 10.0 Å². The molecule has 5 nitrogen and oxygen atoms in total. The highest BCUT2D eigenvalue weighted by Gasteiger charge is 2.19. The second-order valence-electron chi connectivity index (χ2n) is 5.16. The first-order valence-electron chi connectivity index (χ1n) is 6.69. The van der Waals surface area contributed by atoms with Crippen molar-refractivity contribution >= 4 is 21.4 Å². The third kappa shape index (κ3) is 4.03. The lowest BCUT2D eigenvalue weighted by atomic mass is 9.94. The summed E-state index contributed by atoms with van der Waals surface area (Å²) in [4.78, 5) is 2.72. The lowest BCUT2D eigenvalue weighted by molar-refractivity contribution is 0.213. The Kier molecular flexibility index (Phi) is 5.16. The minimum absolute atomic E-state index is 0.220. The zero-order valence-corrected chi connectivity index (χ0v) is 13.1. The molecule has 2 heterocycles. The van der Waals surface area contributed by atoms with Gasteiger partial charge in [0.2, 0.25) is 10.0 Å². The molecule has 0 bridgehead atoms. The van der Waals surface area contributed by atoms with Crippen LogP contribution in [0.3, 0.4) is 0 Å². The smallest absolute Gasteiger partial charge is 0.250 e. The zero-order chi connectivity index (χ0) is 14.6. The minimum Gasteiger partial charge on any atom is -0.306 e. The molecule has 0 amide bonds. The van der Waals surface area contributed by atoms with Gasteiger partial charge in [-0.3, -0.25) is 0 Å². The number of nitrogens with zero attached hydrogens (tertiary/aromatic N) is 2. The van der Waals surface area contributed by atoms with E-state index in [1.54, 1.807) is 0 Å². The molecule has 1 N–H and O–H groups in total. The summed E-state index contributed by atoms with van der Waals surface area (Å²) in [5, 5.41) is 8.73. The van der Waals surface area contributed by atoms with Crippen molar-refractivity contribution in [2.45, 2.75) is 23.5 Å². The third-order valence-electron chi connectivity index (χ3n) is 3.64. The van der Waals surface area contributed by atoms with Gasteiger partial charge in [0.15, 0.2) is 0 Å². The quantitative estimate of drug-likeness (QED) is 0.896. The third-order valence-corrected chi connectivity index (χ3v) is 6.58. The molecular formula is C13H19N3O2S2. The van der Waals surface area contributed by atoms with E-state index in [1.165, 1.54) is 12.1 Å². The predicted molar refractivity (Wildman–Crippen MR) is 79.1 cm³/mol. The Labute approximate surface area is 124 Å². The molecule has 0 saturated carbocycles. The van der Waals surface area contributed by atoms with E-state index in [4.69, 9.17) is 5.26 Å². The first kappa shape index (κ1) is 15.4. The van der Waals surface area contributed by atoms with Crippen molar-refractivity contribution in [3.05, 3.63) is 17.0 Å². The summed E-state index contributed by atoms with van der Waals surface area (Å²) in [5.74, 6) is 0.604. The van der Waals surface area contributed by atoms with Gasteiger partial charge in [-0.2, -0.15) is 5.26 Å². The summed E-state index contributed by atoms with van der Waals surface area (Å²) >= 11 is 1.01. The summed E-state index contributed by atoms with van der Waals surface area (Å²) < 4.78 is 26.9. The molecular weight excluding hydrogens is 294 g/mol. The molecule has 1 aliphatic rings. The van der Waals surface area contributed by atoms with Gasteiger partial charge in [0.25, 0.3) is 0 Å². The first-order valence-corrected chi connectivity index (χ1v) is 8.99. The summed E-state index contributed by atoms with van der Waals surface area (Å²) in [6.07, 6.45) is 3.15. The Morgan fingerprint density at radius 1 is 1.45 bits per heavy atom. The van der Waals surface area contributed by atoms with Crippen LogP contribution in [0, 0.1) is 17.2 Å². The standard InChI is InChI=1S/C13H19N3O2S2/c1-16-8-5-11(6-9-16)4-7-15-20(17,18)13-3-2-12(10-14)19-13/h2-3,11,15H,4-9H2,1H3. The largest absolute Gasteiger partial charge is 0.306 e. The average molecular weight is 313 g/mol. The van der Waals surface area contributed by atoms with E-state index < -0.39 is 10.0 Å². The van der Waals surface area contributed by atoms with E-state index in [0.717, 1.165) is 43.7 Å². The number of likely N-dealkylation sites (tertiary alicyclic amines) is 1. The van der Waals surface area contributed by atoms with E-state index in [2.05, 4.69) is 16.7 Å². The topological polar surface area (TPSA) is 73.2 Å². The molecule has 1 aromatic heterocycles. The average Bonchev–Trinajstić information content (AvgIpc) is 2.90. The summed E-state index contributed by atoms with van der Waals surface area (Å²) in [7, 11) is -1.34. The molecule has 0 atom stereocenters. The maximum absolute atomic E-state index is 12.0. The number of piperidine rings is 1. The molecule has 7 heteroatoms. The lowest BCUT2D eigenvalue weighted by Gasteiger charge is -2.28. The Balaban J connectivity index is 1.82. The summed E-state index contributed by atoms with van der Waals surface area (Å²) in [6, 6.07) is 4.98. The second-order valence-corrected chi connectivity index (χ2v) is 8.24. The van der Waals surface area contributed by atoms with Gasteiger partial charge in [-0.25, -0.2) is 13.1 Å². The molecule has 1 aromatic rings. The van der Waals surface area contributed by atoms with Gasteiger partial charge in [-0.1, -0.05) is 0 Å². The Morgan fingerprint density at radius 2 is 2.15 bits per heavy atom. The number of nitrogens with one attached hydrogen (secondary N) is 1. The number of hydrogen-bond donors (Lipinski definition) is 1. The molecule has 2 rings (SSSR count). The summed E-state index contributed by atoms with van der Waals surface area (Å²) in [6.45, 7) is 2.65. The fourth-order valence-electron chi connectivity index (χ4n) is 2.34. The fraction of sp³-hybridized carbons (Fsp3) is 0.615. The highest BCUT2D eigenvalue weighted by atomic mass is 32.2. The monoisotopic (exact) mass is 313 g/mol. The van der Waals surface area contributed by atoms with Gasteiger partial charge >= 0.3 is 0 Å². The fourth-order valence-corrected chi connectivity index (χ4v) is 4.54. The van der Waals surface area contributed by atoms with Crippen LogP contribution in [0.4, 0.5) is 0 Å². The van der Waals surface area contributed by atoms with Crippen LogP contribution in [0.15, 0.2) is 16.3 Å². The molecule has 1 aliphatic heterocycles. The molecule has 0 aliphatic carbocycles. The highest BCUT2D eigenvalue weighted by molar-refractivity contribution is 7.91. The number of hydrogen-bond acceptors (Lipinski definition) is 5. The number of thiophene rings is 1. The van der Waals surface area contributed by atoms with E-state index in [0.29, 0.717) is 17.3 Å². The van der Waals surface area contributed by atoms with E-state index >= 15 is 0 Å². The minimum atomic E-state index is -3.45. The molecule has 0 radical (unpaired) electrons. The molecule has 110 valence electrons. The predicted octanol–water partition coefficient (Wildman–Crippen LogP) is 1.63. The number of rotatable bonds is 5. The lowest BCUT2D eigenvalue weighted by Crippen LogP contribution is -2.32. The van der Waals surface area contributed by atoms with Crippen molar-refractivity contribution in [1.29, 1.82) is 5.26 Å². The second kappa shape index (κ2) is 6.68. The zero-order valence-electron chi connectivity index (χ0n) is 11.5. The van der Waals surface area contributed by atoms with Crippen molar-refractivity contribution in [2.75, 3.05) is 26.7 Å². The molecule has 0 aromatic carbocycles. The summed E-state index contributed by atoms with van der Waals surface area (Å²) in [5.41, 5.74) is 0. The Bertz CT molecular complexity index is 581. The van der Waals surface area contributed by atoms with Crippen LogP contribution in [-0.4, -0.2) is 40.0 Å². The SMILES string of the molecule is CN1CCC(CCNS(=O)(=O)c2ccc(C#N)s2)CC1. The maximum Gasteiger partial charge on any atom is 0.250 e. The van der Waals surface area contributed by atoms with Crippen LogP contribution in [0.5, 0.6) is 0 Å².